The lowest BCUT2D eigenvalue weighted by molar-refractivity contribution is 0.618. The lowest BCUT2D eigenvalue weighted by Crippen LogP contribution is -2.22. The van der Waals surface area contributed by atoms with Crippen molar-refractivity contribution in [1.29, 1.82) is 5.26 Å². The molecule has 0 spiro atoms. The summed E-state index contributed by atoms with van der Waals surface area (Å²) in [6, 6.07) is 53.5. The number of anilines is 2. The van der Waals surface area contributed by atoms with Gasteiger partial charge in [-0.1, -0.05) is 122 Å². The van der Waals surface area contributed by atoms with Gasteiger partial charge in [-0.15, -0.1) is 12.6 Å². The van der Waals surface area contributed by atoms with Crippen LogP contribution in [0.15, 0.2) is 157 Å². The first-order chi connectivity index (χ1) is 24.1. The molecule has 0 saturated heterocycles. The Morgan fingerprint density at radius 2 is 1.08 bits per heavy atom. The van der Waals surface area contributed by atoms with Crippen LogP contribution in [0.5, 0.6) is 0 Å². The zero-order valence-electron chi connectivity index (χ0n) is 26.8. The number of benzene rings is 6. The average Bonchev–Trinajstić information content (AvgIpc) is 3.46. The normalized spacial score (nSPS) is 15.1. The summed E-state index contributed by atoms with van der Waals surface area (Å²) in [5.74, 6) is 1.85. The number of hydrogen-bond donors (Lipinski definition) is 1. The number of para-hydroxylation sites is 1. The molecule has 0 bridgehead atoms. The van der Waals surface area contributed by atoms with E-state index in [-0.39, 0.29) is 12.0 Å². The molecule has 49 heavy (non-hydrogen) atoms. The Balaban J connectivity index is 1.31. The second kappa shape index (κ2) is 12.9. The van der Waals surface area contributed by atoms with Crippen molar-refractivity contribution in [3.05, 3.63) is 168 Å². The Morgan fingerprint density at radius 1 is 0.531 bits per heavy atom. The Morgan fingerprint density at radius 3 is 1.78 bits per heavy atom. The van der Waals surface area contributed by atoms with E-state index in [2.05, 4.69) is 84.6 Å². The van der Waals surface area contributed by atoms with Crippen LogP contribution in [0.2, 0.25) is 0 Å². The SMILES string of the molecule is CC1c2ccccc2N(c2cc(-c3nc(-c4ccccc4)nc(-c4cccc(-c5ccccc5)c4)n3)ccc2C#N)C1c1ccccc1S. The van der Waals surface area contributed by atoms with Gasteiger partial charge in [0, 0.05) is 33.2 Å². The molecule has 6 heteroatoms. The summed E-state index contributed by atoms with van der Waals surface area (Å²) in [4.78, 5) is 18.3. The number of rotatable bonds is 6. The van der Waals surface area contributed by atoms with Crippen LogP contribution < -0.4 is 4.90 Å². The molecule has 1 aliphatic heterocycles. The van der Waals surface area contributed by atoms with Crippen LogP contribution in [-0.2, 0) is 0 Å². The van der Waals surface area contributed by atoms with E-state index < -0.39 is 0 Å². The van der Waals surface area contributed by atoms with E-state index in [9.17, 15) is 5.26 Å². The standard InChI is InChI=1S/C43H31N5S/c1-28-35-19-8-10-21-37(35)48(40(28)36-20-9-11-22-39(36)49)38-26-33(23-24-34(38)27-44)43-46-41(30-15-6-3-7-16-30)45-42(47-43)32-18-12-17-31(25-32)29-13-4-2-5-14-29/h2-26,28,40,49H,1H3. The van der Waals surface area contributed by atoms with Crippen LogP contribution in [0.4, 0.5) is 11.4 Å². The summed E-state index contributed by atoms with van der Waals surface area (Å²) >= 11 is 4.88. The molecular formula is C43H31N5S. The van der Waals surface area contributed by atoms with Crippen molar-refractivity contribution in [2.75, 3.05) is 4.90 Å². The van der Waals surface area contributed by atoms with E-state index in [4.69, 9.17) is 27.6 Å². The third-order valence-electron chi connectivity index (χ3n) is 9.23. The summed E-state index contributed by atoms with van der Waals surface area (Å²) in [7, 11) is 0. The van der Waals surface area contributed by atoms with Gasteiger partial charge < -0.3 is 4.90 Å². The number of hydrogen-bond acceptors (Lipinski definition) is 6. The molecule has 6 aromatic carbocycles. The zero-order chi connectivity index (χ0) is 33.3. The van der Waals surface area contributed by atoms with Gasteiger partial charge in [-0.25, -0.2) is 15.0 Å². The van der Waals surface area contributed by atoms with E-state index in [1.165, 1.54) is 5.56 Å². The maximum atomic E-state index is 10.4. The molecule has 1 aliphatic rings. The van der Waals surface area contributed by atoms with Crippen molar-refractivity contribution in [2.45, 2.75) is 23.8 Å². The molecule has 0 saturated carbocycles. The first kappa shape index (κ1) is 30.3. The Kier molecular flexibility index (Phi) is 7.97. The van der Waals surface area contributed by atoms with Gasteiger partial charge in [-0.3, -0.25) is 0 Å². The first-order valence-electron chi connectivity index (χ1n) is 16.3. The van der Waals surface area contributed by atoms with Gasteiger partial charge in [0.05, 0.1) is 17.3 Å². The fourth-order valence-electron chi connectivity index (χ4n) is 6.84. The lowest BCUT2D eigenvalue weighted by Gasteiger charge is -2.32. The fourth-order valence-corrected chi connectivity index (χ4v) is 7.14. The second-order valence-electron chi connectivity index (χ2n) is 12.2. The third-order valence-corrected chi connectivity index (χ3v) is 9.63. The highest BCUT2D eigenvalue weighted by atomic mass is 32.1. The average molecular weight is 650 g/mol. The van der Waals surface area contributed by atoms with Gasteiger partial charge in [0.2, 0.25) is 0 Å². The summed E-state index contributed by atoms with van der Waals surface area (Å²) in [6.07, 6.45) is 0. The van der Waals surface area contributed by atoms with Crippen LogP contribution in [0.3, 0.4) is 0 Å². The topological polar surface area (TPSA) is 65.7 Å². The Labute approximate surface area is 291 Å². The van der Waals surface area contributed by atoms with Crippen molar-refractivity contribution in [2.24, 2.45) is 0 Å². The van der Waals surface area contributed by atoms with Crippen molar-refractivity contribution in [3.8, 4) is 51.4 Å². The van der Waals surface area contributed by atoms with Crippen molar-refractivity contribution < 1.29 is 0 Å². The van der Waals surface area contributed by atoms with Crippen molar-refractivity contribution in [3.63, 3.8) is 0 Å². The van der Waals surface area contributed by atoms with E-state index >= 15 is 0 Å². The third kappa shape index (κ3) is 5.65. The predicted octanol–water partition coefficient (Wildman–Crippen LogP) is 10.7. The minimum Gasteiger partial charge on any atom is -0.332 e. The van der Waals surface area contributed by atoms with Gasteiger partial charge in [0.1, 0.15) is 6.07 Å². The fraction of sp³-hybridized carbons (Fsp3) is 0.0698. The van der Waals surface area contributed by atoms with E-state index in [1.807, 2.05) is 84.9 Å². The predicted molar refractivity (Wildman–Crippen MR) is 200 cm³/mol. The van der Waals surface area contributed by atoms with E-state index in [0.717, 1.165) is 49.7 Å². The smallest absolute Gasteiger partial charge is 0.164 e. The zero-order valence-corrected chi connectivity index (χ0v) is 27.7. The van der Waals surface area contributed by atoms with E-state index in [1.54, 1.807) is 0 Å². The van der Waals surface area contributed by atoms with Crippen LogP contribution in [0.25, 0.3) is 45.3 Å². The molecule has 2 heterocycles. The molecule has 5 nitrogen and oxygen atoms in total. The molecule has 8 rings (SSSR count). The molecule has 2 unspecified atom stereocenters. The van der Waals surface area contributed by atoms with Gasteiger partial charge in [-0.2, -0.15) is 5.26 Å². The summed E-state index contributed by atoms with van der Waals surface area (Å²) in [6.45, 7) is 2.24. The molecule has 0 fully saturated rings. The number of aromatic nitrogens is 3. The monoisotopic (exact) mass is 649 g/mol. The number of nitrogens with zero attached hydrogens (tertiary/aromatic N) is 5. The maximum Gasteiger partial charge on any atom is 0.164 e. The number of nitriles is 1. The highest BCUT2D eigenvalue weighted by molar-refractivity contribution is 7.80. The largest absolute Gasteiger partial charge is 0.332 e. The number of thiol groups is 1. The quantitative estimate of drug-likeness (QED) is 0.182. The van der Waals surface area contributed by atoms with Crippen LogP contribution in [-0.4, -0.2) is 15.0 Å². The Hall–Kier alpha value is -6.03. The molecule has 0 amide bonds. The van der Waals surface area contributed by atoms with Crippen LogP contribution >= 0.6 is 12.6 Å². The molecule has 0 N–H and O–H groups in total. The van der Waals surface area contributed by atoms with Gasteiger partial charge in [0.15, 0.2) is 17.5 Å². The first-order valence-corrected chi connectivity index (χ1v) is 16.7. The molecule has 234 valence electrons. The second-order valence-corrected chi connectivity index (χ2v) is 12.7. The van der Waals surface area contributed by atoms with Gasteiger partial charge in [-0.05, 0) is 58.7 Å². The molecule has 1 aromatic heterocycles. The highest BCUT2D eigenvalue weighted by Crippen LogP contribution is 2.54. The summed E-state index contributed by atoms with van der Waals surface area (Å²) < 4.78 is 0. The van der Waals surface area contributed by atoms with Crippen molar-refractivity contribution >= 4 is 24.0 Å². The van der Waals surface area contributed by atoms with E-state index in [0.29, 0.717) is 23.0 Å². The molecular weight excluding hydrogens is 619 g/mol. The van der Waals surface area contributed by atoms with Crippen molar-refractivity contribution in [1.82, 2.24) is 15.0 Å². The molecule has 2 atom stereocenters. The Bertz CT molecular complexity index is 2350. The minimum atomic E-state index is -0.0667. The molecule has 0 aliphatic carbocycles. The number of fused-ring (bicyclic) bond motifs is 1. The van der Waals surface area contributed by atoms with Crippen LogP contribution in [0, 0.1) is 11.3 Å². The molecule has 7 aromatic rings. The lowest BCUT2D eigenvalue weighted by atomic mass is 9.91. The summed E-state index contributed by atoms with van der Waals surface area (Å²) in [5, 5.41) is 10.4. The maximum absolute atomic E-state index is 10.4. The summed E-state index contributed by atoms with van der Waals surface area (Å²) in [5.41, 5.74) is 9.57. The highest BCUT2D eigenvalue weighted by Gasteiger charge is 2.39. The van der Waals surface area contributed by atoms with Crippen LogP contribution in [0.1, 0.15) is 35.6 Å². The molecule has 0 radical (unpaired) electrons. The van der Waals surface area contributed by atoms with Gasteiger partial charge >= 0.3 is 0 Å². The minimum absolute atomic E-state index is 0.0667. The van der Waals surface area contributed by atoms with Gasteiger partial charge in [0.25, 0.3) is 0 Å².